The third-order valence-corrected chi connectivity index (χ3v) is 9.21. The predicted octanol–water partition coefficient (Wildman–Crippen LogP) is 7.50. The largest absolute Gasteiger partial charge is 0.453 e. The van der Waals surface area contributed by atoms with Gasteiger partial charge in [0.05, 0.1) is 21.4 Å². The summed E-state index contributed by atoms with van der Waals surface area (Å²) < 4.78 is 37.4. The van der Waals surface area contributed by atoms with Gasteiger partial charge in [0.25, 0.3) is 0 Å². The molecule has 1 fully saturated rings. The molecule has 5 aromatic rings. The fraction of sp³-hybridized carbons (Fsp3) is 0.250. The SMILES string of the molecule is CC(C)(C)OC(=O)NC1(c2ccc(-c3c(-c4ccccc4)oc4c(-c5ccccc5S(C)(=O)=O)nccc4c3=O)cc2)CCC1. The molecule has 9 heteroatoms. The van der Waals surface area contributed by atoms with Crippen molar-refractivity contribution < 1.29 is 22.4 Å². The number of hydrogen-bond acceptors (Lipinski definition) is 7. The number of benzene rings is 3. The smallest absolute Gasteiger partial charge is 0.408 e. The highest BCUT2D eigenvalue weighted by Crippen LogP contribution is 2.43. The molecule has 230 valence electrons. The van der Waals surface area contributed by atoms with E-state index >= 15 is 0 Å². The molecule has 3 aromatic carbocycles. The van der Waals surface area contributed by atoms with Gasteiger partial charge in [0.15, 0.2) is 15.4 Å². The first-order chi connectivity index (χ1) is 21.4. The van der Waals surface area contributed by atoms with E-state index in [1.807, 2.05) is 75.4 Å². The van der Waals surface area contributed by atoms with E-state index in [4.69, 9.17) is 9.15 Å². The maximum Gasteiger partial charge on any atom is 0.408 e. The lowest BCUT2D eigenvalue weighted by molar-refractivity contribution is 0.0377. The third kappa shape index (κ3) is 5.88. The Bertz CT molecular complexity index is 2080. The summed E-state index contributed by atoms with van der Waals surface area (Å²) in [5.74, 6) is 0.345. The Hall–Kier alpha value is -4.76. The van der Waals surface area contributed by atoms with Gasteiger partial charge in [0.1, 0.15) is 17.1 Å². The van der Waals surface area contributed by atoms with Crippen LogP contribution < -0.4 is 10.7 Å². The van der Waals surface area contributed by atoms with Gasteiger partial charge in [-0.15, -0.1) is 0 Å². The summed E-state index contributed by atoms with van der Waals surface area (Å²) in [7, 11) is -3.60. The molecule has 1 aliphatic rings. The first kappa shape index (κ1) is 30.3. The van der Waals surface area contributed by atoms with Crippen molar-refractivity contribution in [2.24, 2.45) is 0 Å². The van der Waals surface area contributed by atoms with Crippen LogP contribution in [-0.2, 0) is 20.1 Å². The van der Waals surface area contributed by atoms with Crippen molar-refractivity contribution in [1.29, 1.82) is 0 Å². The predicted molar refractivity (Wildman–Crippen MR) is 175 cm³/mol. The normalized spacial score (nSPS) is 14.5. The molecular weight excluding hydrogens is 588 g/mol. The molecule has 0 spiro atoms. The van der Waals surface area contributed by atoms with Crippen molar-refractivity contribution in [2.75, 3.05) is 6.26 Å². The van der Waals surface area contributed by atoms with E-state index in [0.717, 1.165) is 31.1 Å². The van der Waals surface area contributed by atoms with Crippen molar-refractivity contribution >= 4 is 26.9 Å². The third-order valence-electron chi connectivity index (χ3n) is 8.06. The van der Waals surface area contributed by atoms with E-state index < -0.39 is 27.1 Å². The summed E-state index contributed by atoms with van der Waals surface area (Å²) in [6.45, 7) is 5.49. The van der Waals surface area contributed by atoms with Crippen LogP contribution in [0.1, 0.15) is 45.6 Å². The van der Waals surface area contributed by atoms with E-state index in [2.05, 4.69) is 10.3 Å². The lowest BCUT2D eigenvalue weighted by Crippen LogP contribution is -2.52. The molecule has 45 heavy (non-hydrogen) atoms. The number of carbonyl (C=O) groups is 1. The van der Waals surface area contributed by atoms with E-state index in [1.54, 1.807) is 24.3 Å². The molecule has 1 N–H and O–H groups in total. The number of fused-ring (bicyclic) bond motifs is 1. The standard InChI is InChI=1S/C36H34N2O6S/c1-35(2,3)44-34(40)38-36(20-10-21-36)25-17-15-23(16-18-25)29-31(39)27-19-22-37-30(26-13-8-9-14-28(26)45(4,41)42)33(27)43-32(29)24-11-6-5-7-12-24/h5-9,11-19,22H,10,20-21H2,1-4H3,(H,38,40). The van der Waals surface area contributed by atoms with Gasteiger partial charge in [0, 0.05) is 23.6 Å². The average molecular weight is 623 g/mol. The van der Waals surface area contributed by atoms with Crippen LogP contribution >= 0.6 is 0 Å². The van der Waals surface area contributed by atoms with Gasteiger partial charge in [-0.3, -0.25) is 9.78 Å². The fourth-order valence-corrected chi connectivity index (χ4v) is 6.71. The Morgan fingerprint density at radius 3 is 2.20 bits per heavy atom. The fourth-order valence-electron chi connectivity index (χ4n) is 5.82. The highest BCUT2D eigenvalue weighted by Gasteiger charge is 2.41. The number of sulfone groups is 1. The molecule has 0 bridgehead atoms. The first-order valence-electron chi connectivity index (χ1n) is 14.8. The molecule has 1 amide bonds. The Kier molecular flexibility index (Phi) is 7.61. The number of aromatic nitrogens is 1. The lowest BCUT2D eigenvalue weighted by atomic mass is 9.71. The highest BCUT2D eigenvalue weighted by molar-refractivity contribution is 7.90. The first-order valence-corrected chi connectivity index (χ1v) is 16.7. The summed E-state index contributed by atoms with van der Waals surface area (Å²) in [5, 5.41) is 3.36. The summed E-state index contributed by atoms with van der Waals surface area (Å²) in [6.07, 6.45) is 4.71. The number of nitrogens with one attached hydrogen (secondary N) is 1. The van der Waals surface area contributed by atoms with Crippen LogP contribution in [0.2, 0.25) is 0 Å². The number of amides is 1. The number of nitrogens with zero attached hydrogens (tertiary/aromatic N) is 1. The van der Waals surface area contributed by atoms with Crippen molar-refractivity contribution in [2.45, 2.75) is 56.1 Å². The van der Waals surface area contributed by atoms with Crippen LogP contribution in [0.4, 0.5) is 4.79 Å². The van der Waals surface area contributed by atoms with E-state index in [9.17, 15) is 18.0 Å². The summed E-state index contributed by atoms with van der Waals surface area (Å²) >= 11 is 0. The van der Waals surface area contributed by atoms with Crippen molar-refractivity contribution in [1.82, 2.24) is 10.3 Å². The Balaban J connectivity index is 1.50. The second-order valence-corrected chi connectivity index (χ2v) is 14.4. The molecule has 1 saturated carbocycles. The van der Waals surface area contributed by atoms with E-state index in [1.165, 1.54) is 12.3 Å². The van der Waals surface area contributed by atoms with E-state index in [0.29, 0.717) is 28.0 Å². The van der Waals surface area contributed by atoms with Gasteiger partial charge in [-0.05, 0) is 63.3 Å². The number of pyridine rings is 1. The van der Waals surface area contributed by atoms with Gasteiger partial charge in [0.2, 0.25) is 5.43 Å². The molecule has 0 atom stereocenters. The Labute approximate surface area is 262 Å². The zero-order valence-electron chi connectivity index (χ0n) is 25.6. The van der Waals surface area contributed by atoms with Crippen LogP contribution in [-0.4, -0.2) is 31.4 Å². The van der Waals surface area contributed by atoms with Crippen LogP contribution in [0.3, 0.4) is 0 Å². The van der Waals surface area contributed by atoms with Crippen LogP contribution in [0.5, 0.6) is 0 Å². The molecule has 0 unspecified atom stereocenters. The minimum atomic E-state index is -3.60. The Morgan fingerprint density at radius 1 is 0.911 bits per heavy atom. The molecular formula is C36H34N2O6S. The lowest BCUT2D eigenvalue weighted by Gasteiger charge is -2.43. The van der Waals surface area contributed by atoms with Gasteiger partial charge in [-0.1, -0.05) is 72.8 Å². The second kappa shape index (κ2) is 11.3. The molecule has 2 aromatic heterocycles. The molecule has 1 aliphatic carbocycles. The minimum Gasteiger partial charge on any atom is -0.453 e. The molecule has 2 heterocycles. The van der Waals surface area contributed by atoms with Gasteiger partial charge < -0.3 is 14.5 Å². The van der Waals surface area contributed by atoms with Crippen LogP contribution in [0, 0.1) is 0 Å². The Morgan fingerprint density at radius 2 is 1.58 bits per heavy atom. The minimum absolute atomic E-state index is 0.0958. The zero-order chi connectivity index (χ0) is 32.0. The van der Waals surface area contributed by atoms with Crippen molar-refractivity contribution in [3.63, 3.8) is 0 Å². The second-order valence-electron chi connectivity index (χ2n) is 12.4. The number of hydrogen-bond donors (Lipinski definition) is 1. The average Bonchev–Trinajstić information content (AvgIpc) is 2.98. The van der Waals surface area contributed by atoms with Crippen LogP contribution in [0.15, 0.2) is 105 Å². The molecule has 6 rings (SSSR count). The number of ether oxygens (including phenoxy) is 1. The summed E-state index contributed by atoms with van der Waals surface area (Å²) in [4.78, 5) is 31.6. The van der Waals surface area contributed by atoms with E-state index in [-0.39, 0.29) is 27.0 Å². The zero-order valence-corrected chi connectivity index (χ0v) is 26.4. The maximum absolute atomic E-state index is 14.3. The highest BCUT2D eigenvalue weighted by atomic mass is 32.2. The summed E-state index contributed by atoms with van der Waals surface area (Å²) in [5.41, 5.74) is 2.04. The van der Waals surface area contributed by atoms with Gasteiger partial charge in [-0.25, -0.2) is 13.2 Å². The number of carbonyl (C=O) groups excluding carboxylic acids is 1. The number of alkyl carbamates (subject to hydrolysis) is 1. The quantitative estimate of drug-likeness (QED) is 0.209. The molecule has 0 saturated heterocycles. The molecule has 0 aliphatic heterocycles. The van der Waals surface area contributed by atoms with Crippen molar-refractivity contribution in [3.8, 4) is 33.7 Å². The topological polar surface area (TPSA) is 116 Å². The maximum atomic E-state index is 14.3. The number of rotatable bonds is 6. The molecule has 8 nitrogen and oxygen atoms in total. The van der Waals surface area contributed by atoms with Gasteiger partial charge in [-0.2, -0.15) is 0 Å². The summed E-state index contributed by atoms with van der Waals surface area (Å²) in [6, 6.07) is 25.1. The van der Waals surface area contributed by atoms with Gasteiger partial charge >= 0.3 is 6.09 Å². The molecule has 0 radical (unpaired) electrons. The van der Waals surface area contributed by atoms with Crippen LogP contribution in [0.25, 0.3) is 44.7 Å². The monoisotopic (exact) mass is 622 g/mol. The van der Waals surface area contributed by atoms with Crippen molar-refractivity contribution in [3.05, 3.63) is 107 Å².